The molecule has 1 aliphatic rings. The highest BCUT2D eigenvalue weighted by molar-refractivity contribution is 7.84. The molecule has 0 saturated carbocycles. The van der Waals surface area contributed by atoms with Gasteiger partial charge in [-0.15, -0.1) is 11.3 Å². The van der Waals surface area contributed by atoms with E-state index in [2.05, 4.69) is 31.3 Å². The van der Waals surface area contributed by atoms with Gasteiger partial charge in [-0.3, -0.25) is 14.3 Å². The lowest BCUT2D eigenvalue weighted by molar-refractivity contribution is -0.132. The first-order valence-corrected chi connectivity index (χ1v) is 9.93. The highest BCUT2D eigenvalue weighted by atomic mass is 32.2. The summed E-state index contributed by atoms with van der Waals surface area (Å²) < 4.78 is 11.3. The van der Waals surface area contributed by atoms with Crippen molar-refractivity contribution >= 4 is 28.0 Å². The first kappa shape index (κ1) is 16.6. The minimum atomic E-state index is -0.815. The molecule has 1 aromatic heterocycles. The maximum Gasteiger partial charge on any atom is 0.241 e. The Hall–Kier alpha value is -0.720. The predicted octanol–water partition coefficient (Wildman–Crippen LogP) is 2.42. The van der Waals surface area contributed by atoms with Crippen LogP contribution in [0.15, 0.2) is 12.1 Å². The summed E-state index contributed by atoms with van der Waals surface area (Å²) in [7, 11) is -0.815. The highest BCUT2D eigenvalue weighted by Gasteiger charge is 2.41. The molecule has 1 amide bonds. The monoisotopic (exact) mass is 328 g/mol. The molecule has 1 fully saturated rings. The van der Waals surface area contributed by atoms with Gasteiger partial charge in [0.1, 0.15) is 6.17 Å². The maximum atomic E-state index is 12.6. The molecule has 6 heteroatoms. The predicted molar refractivity (Wildman–Crippen MR) is 88.9 cm³/mol. The van der Waals surface area contributed by atoms with E-state index in [4.69, 9.17) is 0 Å². The van der Waals surface area contributed by atoms with Gasteiger partial charge >= 0.3 is 0 Å². The van der Waals surface area contributed by atoms with Crippen LogP contribution in [0, 0.1) is 6.92 Å². The van der Waals surface area contributed by atoms with E-state index in [1.807, 2.05) is 11.8 Å². The van der Waals surface area contributed by atoms with Gasteiger partial charge in [-0.2, -0.15) is 0 Å². The zero-order valence-corrected chi connectivity index (χ0v) is 14.7. The minimum absolute atomic E-state index is 0.0403. The molecule has 0 spiro atoms. The molecular formula is C15H24N2O2S2. The smallest absolute Gasteiger partial charge is 0.241 e. The third-order valence-corrected chi connectivity index (χ3v) is 5.79. The van der Waals surface area contributed by atoms with Crippen LogP contribution in [0.2, 0.25) is 0 Å². The lowest BCUT2D eigenvalue weighted by Gasteiger charge is -2.29. The van der Waals surface area contributed by atoms with Crippen molar-refractivity contribution in [2.45, 2.75) is 51.9 Å². The van der Waals surface area contributed by atoms with E-state index < -0.39 is 10.8 Å². The molecule has 4 unspecified atom stereocenters. The third kappa shape index (κ3) is 3.73. The molecule has 21 heavy (non-hydrogen) atoms. The largest absolute Gasteiger partial charge is 0.318 e. The Labute approximate surface area is 133 Å². The number of carbonyl (C=O) groups is 1. The quantitative estimate of drug-likeness (QED) is 0.872. The second-order valence-electron chi connectivity index (χ2n) is 5.64. The molecular weight excluding hydrogens is 304 g/mol. The van der Waals surface area contributed by atoms with Gasteiger partial charge in [-0.05, 0) is 38.8 Å². The molecule has 1 N–H and O–H groups in total. The molecule has 0 aromatic carbocycles. The van der Waals surface area contributed by atoms with Crippen molar-refractivity contribution in [3.63, 3.8) is 0 Å². The fourth-order valence-corrected chi connectivity index (χ4v) is 4.32. The number of nitrogens with zero attached hydrogens (tertiary/aromatic N) is 1. The summed E-state index contributed by atoms with van der Waals surface area (Å²) in [4.78, 5) is 17.0. The van der Waals surface area contributed by atoms with Crippen LogP contribution in [-0.2, 0) is 15.6 Å². The van der Waals surface area contributed by atoms with Crippen molar-refractivity contribution in [2.24, 2.45) is 0 Å². The van der Waals surface area contributed by atoms with Gasteiger partial charge in [0.25, 0.3) is 0 Å². The highest BCUT2D eigenvalue weighted by Crippen LogP contribution is 2.33. The molecule has 1 aromatic rings. The average molecular weight is 329 g/mol. The van der Waals surface area contributed by atoms with Gasteiger partial charge in [0.05, 0.1) is 6.04 Å². The number of rotatable bonds is 6. The van der Waals surface area contributed by atoms with Gasteiger partial charge in [0, 0.05) is 38.6 Å². The fourth-order valence-electron chi connectivity index (χ4n) is 2.71. The summed E-state index contributed by atoms with van der Waals surface area (Å²) in [6.45, 7) is 6.16. The third-order valence-electron chi connectivity index (χ3n) is 3.93. The van der Waals surface area contributed by atoms with E-state index in [-0.39, 0.29) is 24.2 Å². The Bertz CT molecular complexity index is 529. The van der Waals surface area contributed by atoms with E-state index in [1.165, 1.54) is 9.75 Å². The number of amides is 1. The van der Waals surface area contributed by atoms with Gasteiger partial charge in [-0.25, -0.2) is 0 Å². The van der Waals surface area contributed by atoms with Crippen molar-refractivity contribution in [3.8, 4) is 0 Å². The van der Waals surface area contributed by atoms with Crippen molar-refractivity contribution in [1.82, 2.24) is 10.2 Å². The van der Waals surface area contributed by atoms with Crippen molar-refractivity contribution < 1.29 is 9.00 Å². The summed E-state index contributed by atoms with van der Waals surface area (Å²) in [6, 6.07) is 4.18. The number of hydrogen-bond acceptors (Lipinski definition) is 4. The SMILES string of the molecule is CCC1NC(c2ccc(C)s2)N(C(C)CCS(C)=O)C1=O. The van der Waals surface area contributed by atoms with Gasteiger partial charge < -0.3 is 4.90 Å². The van der Waals surface area contributed by atoms with Crippen LogP contribution in [0.1, 0.15) is 42.6 Å². The van der Waals surface area contributed by atoms with E-state index in [0.29, 0.717) is 5.75 Å². The normalized spacial score (nSPS) is 25.3. The van der Waals surface area contributed by atoms with Crippen LogP contribution >= 0.6 is 11.3 Å². The van der Waals surface area contributed by atoms with Crippen LogP contribution in [-0.4, -0.2) is 39.1 Å². The molecule has 0 bridgehead atoms. The van der Waals surface area contributed by atoms with E-state index in [1.54, 1.807) is 17.6 Å². The second kappa shape index (κ2) is 7.03. The molecule has 118 valence electrons. The molecule has 0 aliphatic carbocycles. The maximum absolute atomic E-state index is 12.6. The molecule has 4 nitrogen and oxygen atoms in total. The van der Waals surface area contributed by atoms with Gasteiger partial charge in [0.15, 0.2) is 0 Å². The molecule has 2 rings (SSSR count). The summed E-state index contributed by atoms with van der Waals surface area (Å²) >= 11 is 1.73. The fraction of sp³-hybridized carbons (Fsp3) is 0.667. The number of hydrogen-bond donors (Lipinski definition) is 1. The topological polar surface area (TPSA) is 49.4 Å². The lowest BCUT2D eigenvalue weighted by Crippen LogP contribution is -2.39. The second-order valence-corrected chi connectivity index (χ2v) is 8.51. The van der Waals surface area contributed by atoms with Crippen LogP contribution in [0.3, 0.4) is 0 Å². The Morgan fingerprint density at radius 2 is 2.19 bits per heavy atom. The van der Waals surface area contributed by atoms with E-state index in [0.717, 1.165) is 12.8 Å². The first-order chi connectivity index (χ1) is 9.93. The van der Waals surface area contributed by atoms with Crippen molar-refractivity contribution in [2.75, 3.05) is 12.0 Å². The van der Waals surface area contributed by atoms with Crippen molar-refractivity contribution in [3.05, 3.63) is 21.9 Å². The summed E-state index contributed by atoms with van der Waals surface area (Å²) in [5.41, 5.74) is 0. The summed E-state index contributed by atoms with van der Waals surface area (Å²) in [5.74, 6) is 0.806. The summed E-state index contributed by atoms with van der Waals surface area (Å²) in [5, 5.41) is 3.45. The zero-order valence-electron chi connectivity index (χ0n) is 13.1. The lowest BCUT2D eigenvalue weighted by atomic mass is 10.2. The van der Waals surface area contributed by atoms with Crippen LogP contribution in [0.25, 0.3) is 0 Å². The van der Waals surface area contributed by atoms with E-state index in [9.17, 15) is 9.00 Å². The number of nitrogens with one attached hydrogen (secondary N) is 1. The van der Waals surface area contributed by atoms with E-state index >= 15 is 0 Å². The molecule has 1 aliphatic heterocycles. The molecule has 2 heterocycles. The van der Waals surface area contributed by atoms with Gasteiger partial charge in [-0.1, -0.05) is 6.92 Å². The zero-order chi connectivity index (χ0) is 15.6. The minimum Gasteiger partial charge on any atom is -0.318 e. The van der Waals surface area contributed by atoms with Crippen molar-refractivity contribution in [1.29, 1.82) is 0 Å². The Morgan fingerprint density at radius 1 is 1.48 bits per heavy atom. The van der Waals surface area contributed by atoms with Crippen LogP contribution in [0.4, 0.5) is 0 Å². The van der Waals surface area contributed by atoms with Gasteiger partial charge in [0.2, 0.25) is 5.91 Å². The summed E-state index contributed by atoms with van der Waals surface area (Å²) in [6.07, 6.45) is 3.24. The Morgan fingerprint density at radius 3 is 2.71 bits per heavy atom. The Kier molecular flexibility index (Phi) is 5.57. The van der Waals surface area contributed by atoms with Crippen LogP contribution in [0.5, 0.6) is 0 Å². The number of thiophene rings is 1. The Balaban J connectivity index is 2.20. The molecule has 1 saturated heterocycles. The standard InChI is InChI=1S/C15H24N2O2S2/c1-5-12-15(18)17(10(2)8-9-21(4)19)14(16-12)13-7-6-11(3)20-13/h6-7,10,12,14,16H,5,8-9H2,1-4H3. The molecule has 4 atom stereocenters. The average Bonchev–Trinajstić information content (AvgIpc) is 2.99. The van der Waals surface area contributed by atoms with Crippen LogP contribution < -0.4 is 5.32 Å². The first-order valence-electron chi connectivity index (χ1n) is 7.38. The molecule has 0 radical (unpaired) electrons. The number of carbonyl (C=O) groups excluding carboxylic acids is 1. The number of aryl methyl sites for hydroxylation is 1.